The molecule has 3 rings (SSSR count). The summed E-state index contributed by atoms with van der Waals surface area (Å²) in [6.07, 6.45) is 4.43. The van der Waals surface area contributed by atoms with Crippen LogP contribution in [0.25, 0.3) is 0 Å². The van der Waals surface area contributed by atoms with Crippen LogP contribution in [-0.2, 0) is 19.3 Å². The van der Waals surface area contributed by atoms with Gasteiger partial charge in [0.1, 0.15) is 0 Å². The molecule has 2 heteroatoms. The highest BCUT2D eigenvalue weighted by Crippen LogP contribution is 2.24. The summed E-state index contributed by atoms with van der Waals surface area (Å²) in [5, 5.41) is 9.00. The fraction of sp³-hybridized carbons (Fsp3) is 0.235. The van der Waals surface area contributed by atoms with Crippen LogP contribution in [0.2, 0.25) is 0 Å². The van der Waals surface area contributed by atoms with Gasteiger partial charge in [-0.25, -0.2) is 4.79 Å². The Bertz CT molecular complexity index is 629. The Morgan fingerprint density at radius 1 is 1.00 bits per heavy atom. The number of carboxylic acid groups (broad SMARTS) is 1. The quantitative estimate of drug-likeness (QED) is 0.908. The topological polar surface area (TPSA) is 37.3 Å². The molecule has 19 heavy (non-hydrogen) atoms. The van der Waals surface area contributed by atoms with Crippen molar-refractivity contribution in [2.45, 2.75) is 25.7 Å². The minimum absolute atomic E-state index is 0.360. The lowest BCUT2D eigenvalue weighted by atomic mass is 9.99. The fourth-order valence-electron chi connectivity index (χ4n) is 2.79. The Kier molecular flexibility index (Phi) is 3.08. The smallest absolute Gasteiger partial charge is 0.335 e. The first kappa shape index (κ1) is 12.0. The molecule has 0 atom stereocenters. The summed E-state index contributed by atoms with van der Waals surface area (Å²) in [4.78, 5) is 11.0. The van der Waals surface area contributed by atoms with Gasteiger partial charge in [0.2, 0.25) is 0 Å². The van der Waals surface area contributed by atoms with Crippen molar-refractivity contribution in [3.05, 3.63) is 70.3 Å². The Morgan fingerprint density at radius 3 is 2.63 bits per heavy atom. The Labute approximate surface area is 112 Å². The van der Waals surface area contributed by atoms with Gasteiger partial charge in [-0.3, -0.25) is 0 Å². The molecule has 0 aromatic heterocycles. The van der Waals surface area contributed by atoms with Crippen molar-refractivity contribution in [3.63, 3.8) is 0 Å². The summed E-state index contributed by atoms with van der Waals surface area (Å²) in [6, 6.07) is 13.8. The SMILES string of the molecule is O=C(O)c1cccc(Cc2ccc3c(c2)CCC3)c1. The van der Waals surface area contributed by atoms with E-state index >= 15 is 0 Å². The average molecular weight is 252 g/mol. The van der Waals surface area contributed by atoms with Crippen LogP contribution in [0.4, 0.5) is 0 Å². The van der Waals surface area contributed by atoms with Gasteiger partial charge >= 0.3 is 5.97 Å². The maximum atomic E-state index is 11.0. The number of carbonyl (C=O) groups is 1. The van der Waals surface area contributed by atoms with Gasteiger partial charge in [0.25, 0.3) is 0 Å². The monoisotopic (exact) mass is 252 g/mol. The Morgan fingerprint density at radius 2 is 1.79 bits per heavy atom. The summed E-state index contributed by atoms with van der Waals surface area (Å²) in [5.74, 6) is -0.865. The molecule has 96 valence electrons. The predicted octanol–water partition coefficient (Wildman–Crippen LogP) is 3.46. The lowest BCUT2D eigenvalue weighted by molar-refractivity contribution is 0.0697. The van der Waals surface area contributed by atoms with E-state index in [4.69, 9.17) is 5.11 Å². The summed E-state index contributed by atoms with van der Waals surface area (Å²) in [7, 11) is 0. The molecule has 1 aliphatic carbocycles. The van der Waals surface area contributed by atoms with Gasteiger partial charge in [0, 0.05) is 0 Å². The molecule has 0 amide bonds. The van der Waals surface area contributed by atoms with Crippen molar-refractivity contribution in [1.29, 1.82) is 0 Å². The third-order valence-electron chi connectivity index (χ3n) is 3.75. The van der Waals surface area contributed by atoms with Gasteiger partial charge in [0.15, 0.2) is 0 Å². The fourth-order valence-corrected chi connectivity index (χ4v) is 2.79. The van der Waals surface area contributed by atoms with Gasteiger partial charge in [0.05, 0.1) is 5.56 Å². The highest BCUT2D eigenvalue weighted by molar-refractivity contribution is 5.87. The van der Waals surface area contributed by atoms with Gasteiger partial charge in [-0.1, -0.05) is 30.3 Å². The number of aromatic carboxylic acids is 1. The van der Waals surface area contributed by atoms with Crippen molar-refractivity contribution in [3.8, 4) is 0 Å². The van der Waals surface area contributed by atoms with Gasteiger partial charge in [-0.15, -0.1) is 0 Å². The maximum absolute atomic E-state index is 11.0. The van der Waals surface area contributed by atoms with E-state index in [0.717, 1.165) is 12.0 Å². The number of carboxylic acids is 1. The summed E-state index contributed by atoms with van der Waals surface area (Å²) >= 11 is 0. The molecule has 0 heterocycles. The second-order valence-corrected chi connectivity index (χ2v) is 5.14. The molecule has 0 fully saturated rings. The minimum Gasteiger partial charge on any atom is -0.478 e. The first-order chi connectivity index (χ1) is 9.22. The highest BCUT2D eigenvalue weighted by Gasteiger charge is 2.11. The molecular formula is C17H16O2. The van der Waals surface area contributed by atoms with Crippen molar-refractivity contribution in [1.82, 2.24) is 0 Å². The molecule has 2 nitrogen and oxygen atoms in total. The first-order valence-electron chi connectivity index (χ1n) is 6.65. The molecule has 0 aliphatic heterocycles. The van der Waals surface area contributed by atoms with E-state index in [1.165, 1.54) is 36.0 Å². The molecule has 2 aromatic rings. The van der Waals surface area contributed by atoms with Crippen LogP contribution in [0.5, 0.6) is 0 Å². The molecule has 0 saturated carbocycles. The van der Waals surface area contributed by atoms with Gasteiger partial charge in [-0.2, -0.15) is 0 Å². The van der Waals surface area contributed by atoms with Gasteiger partial charge < -0.3 is 5.11 Å². The minimum atomic E-state index is -0.865. The van der Waals surface area contributed by atoms with E-state index in [1.54, 1.807) is 12.1 Å². The van der Waals surface area contributed by atoms with Crippen LogP contribution in [0, 0.1) is 0 Å². The molecule has 0 unspecified atom stereocenters. The van der Waals surface area contributed by atoms with E-state index < -0.39 is 5.97 Å². The third kappa shape index (κ3) is 2.53. The zero-order valence-electron chi connectivity index (χ0n) is 10.7. The molecule has 0 saturated heterocycles. The van der Waals surface area contributed by atoms with Crippen molar-refractivity contribution >= 4 is 5.97 Å². The van der Waals surface area contributed by atoms with Crippen LogP contribution in [-0.4, -0.2) is 11.1 Å². The Hall–Kier alpha value is -2.09. The molecule has 0 spiro atoms. The first-order valence-corrected chi connectivity index (χ1v) is 6.65. The van der Waals surface area contributed by atoms with E-state index in [9.17, 15) is 4.79 Å². The van der Waals surface area contributed by atoms with Crippen molar-refractivity contribution < 1.29 is 9.90 Å². The number of hydrogen-bond donors (Lipinski definition) is 1. The van der Waals surface area contributed by atoms with E-state index in [-0.39, 0.29) is 0 Å². The van der Waals surface area contributed by atoms with Gasteiger partial charge in [-0.05, 0) is 60.1 Å². The Balaban J connectivity index is 1.85. The van der Waals surface area contributed by atoms with Crippen LogP contribution in [0.3, 0.4) is 0 Å². The van der Waals surface area contributed by atoms with Crippen LogP contribution in [0.15, 0.2) is 42.5 Å². The second-order valence-electron chi connectivity index (χ2n) is 5.14. The standard InChI is InChI=1S/C17H16O2/c18-17(19)16-6-1-3-12(11-16)9-13-7-8-14-4-2-5-15(14)10-13/h1,3,6-8,10-11H,2,4-5,9H2,(H,18,19). The van der Waals surface area contributed by atoms with E-state index in [2.05, 4.69) is 18.2 Å². The highest BCUT2D eigenvalue weighted by atomic mass is 16.4. The number of aryl methyl sites for hydroxylation is 2. The van der Waals surface area contributed by atoms with Crippen LogP contribution in [0.1, 0.15) is 39.0 Å². The molecule has 0 radical (unpaired) electrons. The van der Waals surface area contributed by atoms with E-state index in [1.807, 2.05) is 12.1 Å². The molecule has 1 aliphatic rings. The molecule has 1 N–H and O–H groups in total. The largest absolute Gasteiger partial charge is 0.478 e. The zero-order valence-corrected chi connectivity index (χ0v) is 10.7. The third-order valence-corrected chi connectivity index (χ3v) is 3.75. The molecule has 0 bridgehead atoms. The van der Waals surface area contributed by atoms with Crippen LogP contribution < -0.4 is 0 Å². The summed E-state index contributed by atoms with van der Waals surface area (Å²) in [5.41, 5.74) is 5.62. The van der Waals surface area contributed by atoms with E-state index in [0.29, 0.717) is 5.56 Å². The number of hydrogen-bond acceptors (Lipinski definition) is 1. The molecule has 2 aromatic carbocycles. The molecular weight excluding hydrogens is 236 g/mol. The van der Waals surface area contributed by atoms with Crippen LogP contribution >= 0.6 is 0 Å². The lowest BCUT2D eigenvalue weighted by Crippen LogP contribution is -1.98. The normalized spacial score (nSPS) is 13.3. The zero-order chi connectivity index (χ0) is 13.2. The number of benzene rings is 2. The maximum Gasteiger partial charge on any atom is 0.335 e. The summed E-state index contributed by atoms with van der Waals surface area (Å²) < 4.78 is 0. The summed E-state index contributed by atoms with van der Waals surface area (Å²) in [6.45, 7) is 0. The average Bonchev–Trinajstić information content (AvgIpc) is 2.86. The number of fused-ring (bicyclic) bond motifs is 1. The number of rotatable bonds is 3. The predicted molar refractivity (Wildman–Crippen MR) is 74.7 cm³/mol. The second kappa shape index (κ2) is 4.88. The van der Waals surface area contributed by atoms with Crippen molar-refractivity contribution in [2.24, 2.45) is 0 Å². The van der Waals surface area contributed by atoms with Crippen molar-refractivity contribution in [2.75, 3.05) is 0 Å². The lowest BCUT2D eigenvalue weighted by Gasteiger charge is -2.06.